The van der Waals surface area contributed by atoms with Crippen molar-refractivity contribution >= 4 is 18.0 Å². The molecule has 1 aromatic carbocycles. The Balaban J connectivity index is 3.18. The van der Waals surface area contributed by atoms with Crippen LogP contribution in [0.4, 0.5) is 10.5 Å². The van der Waals surface area contributed by atoms with Crippen LogP contribution >= 0.6 is 0 Å². The zero-order valence-corrected chi connectivity index (χ0v) is 14.2. The maximum atomic E-state index is 11.8. The van der Waals surface area contributed by atoms with Crippen molar-refractivity contribution in [3.05, 3.63) is 17.7 Å². The normalized spacial score (nSPS) is 10.7. The number of anilines is 1. The van der Waals surface area contributed by atoms with Crippen molar-refractivity contribution in [3.63, 3.8) is 0 Å². The van der Waals surface area contributed by atoms with Crippen LogP contribution in [0.25, 0.3) is 0 Å². The van der Waals surface area contributed by atoms with Crippen molar-refractivity contribution in [3.8, 4) is 11.5 Å². The zero-order chi connectivity index (χ0) is 17.2. The van der Waals surface area contributed by atoms with Crippen molar-refractivity contribution in [2.75, 3.05) is 25.6 Å². The topological polar surface area (TPSA) is 78.4 Å². The number of hydrogen-bond acceptors (Lipinski definition) is 6. The third-order valence-electron chi connectivity index (χ3n) is 2.56. The Morgan fingerprint density at radius 3 is 2.52 bits per heavy atom. The van der Waals surface area contributed by atoms with Gasteiger partial charge in [0.1, 0.15) is 7.11 Å². The summed E-state index contributed by atoms with van der Waals surface area (Å²) in [6, 6.07) is 3.39. The van der Waals surface area contributed by atoms with Gasteiger partial charge in [0.05, 0.1) is 25.5 Å². The Hall–Kier alpha value is -2.44. The van der Waals surface area contributed by atoms with Gasteiger partial charge in [-0.2, -0.15) is 0 Å². The Morgan fingerprint density at radius 2 is 1.96 bits per heavy atom. The van der Waals surface area contributed by atoms with Gasteiger partial charge in [-0.15, -0.1) is 0 Å². The second-order valence-corrected chi connectivity index (χ2v) is 4.75. The van der Waals surface area contributed by atoms with Gasteiger partial charge in [0.15, 0.2) is 11.5 Å². The standard InChI is InChI=1S/C16H24N2O5/c1-6-21-14-9-13(18-16(19)23-11(3)4)8-12(10-17-20-5)15(14)22-7-2/h8-11H,6-7H2,1-5H3,(H,18,19)/b17-10+. The summed E-state index contributed by atoms with van der Waals surface area (Å²) in [5.41, 5.74) is 1.14. The monoisotopic (exact) mass is 324 g/mol. The van der Waals surface area contributed by atoms with Crippen LogP contribution in [0.15, 0.2) is 17.3 Å². The van der Waals surface area contributed by atoms with Crippen molar-refractivity contribution < 1.29 is 23.8 Å². The van der Waals surface area contributed by atoms with Crippen LogP contribution in [0.1, 0.15) is 33.3 Å². The number of oxime groups is 1. The van der Waals surface area contributed by atoms with E-state index in [1.165, 1.54) is 13.3 Å². The van der Waals surface area contributed by atoms with Crippen LogP contribution < -0.4 is 14.8 Å². The number of carbonyl (C=O) groups excluding carboxylic acids is 1. The molecule has 128 valence electrons. The fourth-order valence-electron chi connectivity index (χ4n) is 1.82. The first kappa shape index (κ1) is 18.6. The lowest BCUT2D eigenvalue weighted by molar-refractivity contribution is 0.130. The third kappa shape index (κ3) is 6.06. The molecule has 7 heteroatoms. The zero-order valence-electron chi connectivity index (χ0n) is 14.2. The average molecular weight is 324 g/mol. The fraction of sp³-hybridized carbons (Fsp3) is 0.500. The van der Waals surface area contributed by atoms with E-state index < -0.39 is 6.09 Å². The lowest BCUT2D eigenvalue weighted by Gasteiger charge is -2.16. The summed E-state index contributed by atoms with van der Waals surface area (Å²) in [4.78, 5) is 16.5. The van der Waals surface area contributed by atoms with Gasteiger partial charge in [-0.1, -0.05) is 5.16 Å². The minimum atomic E-state index is -0.541. The number of nitrogens with one attached hydrogen (secondary N) is 1. The second-order valence-electron chi connectivity index (χ2n) is 4.75. The lowest BCUT2D eigenvalue weighted by Crippen LogP contribution is -2.18. The highest BCUT2D eigenvalue weighted by Crippen LogP contribution is 2.34. The van der Waals surface area contributed by atoms with E-state index in [1.807, 2.05) is 13.8 Å². The van der Waals surface area contributed by atoms with Crippen molar-refractivity contribution in [2.24, 2.45) is 5.16 Å². The van der Waals surface area contributed by atoms with E-state index in [9.17, 15) is 4.79 Å². The van der Waals surface area contributed by atoms with Crippen LogP contribution in [-0.4, -0.2) is 38.7 Å². The van der Waals surface area contributed by atoms with Crippen LogP contribution in [0.5, 0.6) is 11.5 Å². The Labute approximate surface area is 136 Å². The highest BCUT2D eigenvalue weighted by Gasteiger charge is 2.15. The summed E-state index contributed by atoms with van der Waals surface area (Å²) < 4.78 is 16.3. The number of nitrogens with zero attached hydrogens (tertiary/aromatic N) is 1. The SMILES string of the molecule is CCOc1cc(NC(=O)OC(C)C)cc(/C=N/OC)c1OCC. The van der Waals surface area contributed by atoms with Crippen LogP contribution in [-0.2, 0) is 9.57 Å². The molecule has 0 spiro atoms. The molecule has 0 saturated carbocycles. The van der Waals surface area contributed by atoms with Gasteiger partial charge in [-0.25, -0.2) is 4.79 Å². The molecular formula is C16H24N2O5. The van der Waals surface area contributed by atoms with E-state index in [2.05, 4.69) is 10.5 Å². The predicted molar refractivity (Wildman–Crippen MR) is 88.6 cm³/mol. The van der Waals surface area contributed by atoms with Gasteiger partial charge in [0, 0.05) is 17.3 Å². The summed E-state index contributed by atoms with van der Waals surface area (Å²) >= 11 is 0. The molecule has 0 atom stereocenters. The molecule has 0 aliphatic heterocycles. The third-order valence-corrected chi connectivity index (χ3v) is 2.56. The van der Waals surface area contributed by atoms with E-state index in [-0.39, 0.29) is 6.10 Å². The van der Waals surface area contributed by atoms with Gasteiger partial charge in [-0.05, 0) is 33.8 Å². The molecule has 23 heavy (non-hydrogen) atoms. The van der Waals surface area contributed by atoms with Gasteiger partial charge >= 0.3 is 6.09 Å². The lowest BCUT2D eigenvalue weighted by atomic mass is 10.1. The summed E-state index contributed by atoms with van der Waals surface area (Å²) in [6.07, 6.45) is 0.742. The first-order valence-corrected chi connectivity index (χ1v) is 7.49. The van der Waals surface area contributed by atoms with Crippen molar-refractivity contribution in [1.82, 2.24) is 0 Å². The van der Waals surface area contributed by atoms with Crippen LogP contribution in [0.3, 0.4) is 0 Å². The number of amides is 1. The largest absolute Gasteiger partial charge is 0.490 e. The Bertz CT molecular complexity index is 544. The molecule has 0 aliphatic rings. The highest BCUT2D eigenvalue weighted by molar-refractivity contribution is 5.91. The molecule has 0 aliphatic carbocycles. The molecule has 0 aromatic heterocycles. The molecule has 1 N–H and O–H groups in total. The first-order chi connectivity index (χ1) is 11.0. The van der Waals surface area contributed by atoms with E-state index in [4.69, 9.17) is 19.0 Å². The van der Waals surface area contributed by atoms with Crippen LogP contribution in [0.2, 0.25) is 0 Å². The maximum absolute atomic E-state index is 11.8. The molecule has 0 bridgehead atoms. The smallest absolute Gasteiger partial charge is 0.411 e. The summed E-state index contributed by atoms with van der Waals surface area (Å²) in [7, 11) is 1.45. The van der Waals surface area contributed by atoms with Crippen LogP contribution in [0, 0.1) is 0 Å². The Morgan fingerprint density at radius 1 is 1.26 bits per heavy atom. The average Bonchev–Trinajstić information content (AvgIpc) is 2.47. The number of benzene rings is 1. The summed E-state index contributed by atoms with van der Waals surface area (Å²) in [5, 5.41) is 6.41. The number of hydrogen-bond donors (Lipinski definition) is 1. The van der Waals surface area contributed by atoms with E-state index in [0.717, 1.165) is 0 Å². The molecule has 0 unspecified atom stereocenters. The molecule has 0 heterocycles. The summed E-state index contributed by atoms with van der Waals surface area (Å²) in [5.74, 6) is 1.05. The molecule has 7 nitrogen and oxygen atoms in total. The molecule has 1 amide bonds. The summed E-state index contributed by atoms with van der Waals surface area (Å²) in [6.45, 7) is 8.22. The molecule has 0 saturated heterocycles. The number of rotatable bonds is 8. The fourth-order valence-corrected chi connectivity index (χ4v) is 1.82. The van der Waals surface area contributed by atoms with Crippen molar-refractivity contribution in [1.29, 1.82) is 0 Å². The highest BCUT2D eigenvalue weighted by atomic mass is 16.6. The predicted octanol–water partition coefficient (Wildman–Crippen LogP) is 3.42. The van der Waals surface area contributed by atoms with Gasteiger partial charge < -0.3 is 19.0 Å². The van der Waals surface area contributed by atoms with Gasteiger partial charge in [0.2, 0.25) is 0 Å². The maximum Gasteiger partial charge on any atom is 0.411 e. The van der Waals surface area contributed by atoms with E-state index in [1.54, 1.807) is 26.0 Å². The molecule has 0 radical (unpaired) electrons. The molecular weight excluding hydrogens is 300 g/mol. The molecule has 1 rings (SSSR count). The quantitative estimate of drug-likeness (QED) is 0.585. The Kier molecular flexibility index (Phi) is 7.73. The second kappa shape index (κ2) is 9.55. The van der Waals surface area contributed by atoms with E-state index in [0.29, 0.717) is 36.0 Å². The van der Waals surface area contributed by atoms with Crippen molar-refractivity contribution in [2.45, 2.75) is 33.8 Å². The van der Waals surface area contributed by atoms with Gasteiger partial charge in [0.25, 0.3) is 0 Å². The molecule has 0 fully saturated rings. The number of ether oxygens (including phenoxy) is 3. The number of carbonyl (C=O) groups is 1. The van der Waals surface area contributed by atoms with E-state index >= 15 is 0 Å². The van der Waals surface area contributed by atoms with Gasteiger partial charge in [-0.3, -0.25) is 5.32 Å². The minimum absolute atomic E-state index is 0.210. The molecule has 1 aromatic rings. The first-order valence-electron chi connectivity index (χ1n) is 7.49. The minimum Gasteiger partial charge on any atom is -0.490 e.